The first kappa shape index (κ1) is 20.6. The largest absolute Gasteiger partial charge is 0.398 e. The number of nitrogens with one attached hydrogen (secondary N) is 2. The number of benzene rings is 2. The monoisotopic (exact) mass is 388 g/mol. The second-order valence-corrected chi connectivity index (χ2v) is 6.47. The minimum Gasteiger partial charge on any atom is -0.398 e. The highest BCUT2D eigenvalue weighted by Gasteiger charge is 2.27. The van der Waals surface area contributed by atoms with Gasteiger partial charge in [-0.2, -0.15) is 0 Å². The number of halogens is 1. The molecule has 2 aromatic rings. The van der Waals surface area contributed by atoms with E-state index in [1.54, 1.807) is 31.3 Å². The Kier molecular flexibility index (Phi) is 6.69. The average molecular weight is 389 g/mol. The molecule has 1 atom stereocenters. The number of rotatable bonds is 4. The van der Waals surface area contributed by atoms with Crippen molar-refractivity contribution in [3.63, 3.8) is 0 Å². The number of nitrogen functional groups attached to an aromatic ring is 1. The fourth-order valence-electron chi connectivity index (χ4n) is 3.35. The summed E-state index contributed by atoms with van der Waals surface area (Å²) in [4.78, 5) is 26.6. The van der Waals surface area contributed by atoms with Crippen LogP contribution in [-0.2, 0) is 11.2 Å². The number of fused-ring (bicyclic) bond motifs is 1. The van der Waals surface area contributed by atoms with Crippen molar-refractivity contribution in [3.8, 4) is 0 Å². The average Bonchev–Trinajstić information content (AvgIpc) is 2.67. The maximum absolute atomic E-state index is 12.8. The molecule has 1 heterocycles. The van der Waals surface area contributed by atoms with Crippen molar-refractivity contribution in [2.45, 2.75) is 25.8 Å². The molecule has 0 saturated carbocycles. The molecule has 1 aliphatic heterocycles. The zero-order chi connectivity index (χ0) is 18.7. The van der Waals surface area contributed by atoms with Gasteiger partial charge >= 0.3 is 0 Å². The van der Waals surface area contributed by atoms with Crippen LogP contribution in [0.4, 0.5) is 17.1 Å². The lowest BCUT2D eigenvalue weighted by Crippen LogP contribution is -2.44. The van der Waals surface area contributed by atoms with Gasteiger partial charge in [-0.25, -0.2) is 0 Å². The van der Waals surface area contributed by atoms with Gasteiger partial charge in [-0.05, 0) is 55.7 Å². The zero-order valence-corrected chi connectivity index (χ0v) is 16.3. The van der Waals surface area contributed by atoms with E-state index in [9.17, 15) is 9.59 Å². The fraction of sp³-hybridized carbons (Fsp3) is 0.300. The van der Waals surface area contributed by atoms with Crippen LogP contribution in [0.5, 0.6) is 0 Å². The summed E-state index contributed by atoms with van der Waals surface area (Å²) in [6, 6.07) is 12.4. The van der Waals surface area contributed by atoms with E-state index in [1.165, 1.54) is 0 Å². The minimum absolute atomic E-state index is 0. The van der Waals surface area contributed by atoms with Crippen LogP contribution in [0.3, 0.4) is 0 Å². The number of nitrogens with two attached hydrogens (primary N) is 1. The molecule has 2 amide bonds. The highest BCUT2D eigenvalue weighted by Crippen LogP contribution is 2.32. The van der Waals surface area contributed by atoms with Gasteiger partial charge in [0.1, 0.15) is 6.04 Å². The lowest BCUT2D eigenvalue weighted by Gasteiger charge is -2.36. The Hall–Kier alpha value is -2.73. The smallest absolute Gasteiger partial charge is 0.251 e. The summed E-state index contributed by atoms with van der Waals surface area (Å²) in [6.07, 6.45) is 1.89. The molecule has 0 aromatic heterocycles. The van der Waals surface area contributed by atoms with E-state index >= 15 is 0 Å². The standard InChI is InChI=1S/C20H24N4O2.ClH/c1-13(24-11-5-8-16-17(21)9-4-10-18(16)24)19(25)23-15-7-3-6-14(12-15)20(26)22-2;/h3-4,6-7,9-10,12-13H,5,8,11,21H2,1-2H3,(H,22,26)(H,23,25);1H. The van der Waals surface area contributed by atoms with E-state index in [4.69, 9.17) is 5.73 Å². The first-order chi connectivity index (χ1) is 12.5. The predicted octanol–water partition coefficient (Wildman–Crippen LogP) is 2.83. The van der Waals surface area contributed by atoms with Gasteiger partial charge < -0.3 is 21.3 Å². The Bertz CT molecular complexity index is 840. The van der Waals surface area contributed by atoms with Gasteiger partial charge in [0.15, 0.2) is 0 Å². The first-order valence-electron chi connectivity index (χ1n) is 8.78. The molecule has 0 spiro atoms. The molecule has 0 fully saturated rings. The van der Waals surface area contributed by atoms with Crippen LogP contribution in [0, 0.1) is 0 Å². The number of anilines is 3. The third-order valence-electron chi connectivity index (χ3n) is 4.79. The van der Waals surface area contributed by atoms with Crippen molar-refractivity contribution >= 4 is 41.3 Å². The number of hydrogen-bond donors (Lipinski definition) is 3. The minimum atomic E-state index is -0.348. The second kappa shape index (κ2) is 8.77. The topological polar surface area (TPSA) is 87.5 Å². The third kappa shape index (κ3) is 4.34. The molecule has 0 aliphatic carbocycles. The highest BCUT2D eigenvalue weighted by atomic mass is 35.5. The van der Waals surface area contributed by atoms with Gasteiger partial charge in [-0.3, -0.25) is 9.59 Å². The van der Waals surface area contributed by atoms with E-state index in [2.05, 4.69) is 15.5 Å². The number of carbonyl (C=O) groups excluding carboxylic acids is 2. The van der Waals surface area contributed by atoms with Crippen molar-refractivity contribution in [2.75, 3.05) is 29.5 Å². The van der Waals surface area contributed by atoms with E-state index in [0.717, 1.165) is 36.3 Å². The molecule has 2 aromatic carbocycles. The summed E-state index contributed by atoms with van der Waals surface area (Å²) in [5.74, 6) is -0.302. The van der Waals surface area contributed by atoms with Crippen LogP contribution in [0.15, 0.2) is 42.5 Å². The van der Waals surface area contributed by atoms with Crippen molar-refractivity contribution in [1.29, 1.82) is 0 Å². The van der Waals surface area contributed by atoms with Crippen LogP contribution in [0.25, 0.3) is 0 Å². The van der Waals surface area contributed by atoms with E-state index in [1.807, 2.05) is 25.1 Å². The van der Waals surface area contributed by atoms with Gasteiger partial charge in [0.25, 0.3) is 5.91 Å². The fourth-order valence-corrected chi connectivity index (χ4v) is 3.35. The van der Waals surface area contributed by atoms with Crippen LogP contribution in [0.1, 0.15) is 29.3 Å². The molecule has 0 bridgehead atoms. The van der Waals surface area contributed by atoms with E-state index < -0.39 is 0 Å². The van der Waals surface area contributed by atoms with Crippen LogP contribution >= 0.6 is 12.4 Å². The van der Waals surface area contributed by atoms with Crippen molar-refractivity contribution in [1.82, 2.24) is 5.32 Å². The molecular formula is C20H25ClN4O2. The second-order valence-electron chi connectivity index (χ2n) is 6.47. The Labute approximate surface area is 165 Å². The molecule has 4 N–H and O–H groups in total. The van der Waals surface area contributed by atoms with Crippen LogP contribution in [0.2, 0.25) is 0 Å². The molecular weight excluding hydrogens is 364 g/mol. The van der Waals surface area contributed by atoms with Gasteiger partial charge in [0.2, 0.25) is 5.91 Å². The summed E-state index contributed by atoms with van der Waals surface area (Å²) < 4.78 is 0. The molecule has 0 saturated heterocycles. The molecule has 7 heteroatoms. The van der Waals surface area contributed by atoms with Gasteiger partial charge in [-0.1, -0.05) is 12.1 Å². The first-order valence-corrected chi connectivity index (χ1v) is 8.78. The summed E-state index contributed by atoms with van der Waals surface area (Å²) in [7, 11) is 1.58. The van der Waals surface area contributed by atoms with Crippen molar-refractivity contribution in [3.05, 3.63) is 53.6 Å². The number of hydrogen-bond acceptors (Lipinski definition) is 4. The number of amides is 2. The van der Waals surface area contributed by atoms with Gasteiger partial charge in [0, 0.05) is 36.2 Å². The Morgan fingerprint density at radius 2 is 1.93 bits per heavy atom. The Morgan fingerprint density at radius 3 is 2.67 bits per heavy atom. The predicted molar refractivity (Wildman–Crippen MR) is 112 cm³/mol. The van der Waals surface area contributed by atoms with Crippen molar-refractivity contribution < 1.29 is 9.59 Å². The molecule has 0 radical (unpaired) electrons. The summed E-state index contributed by atoms with van der Waals surface area (Å²) in [5, 5.41) is 5.49. The normalized spacial score (nSPS) is 13.8. The van der Waals surface area contributed by atoms with Crippen LogP contribution < -0.4 is 21.3 Å². The maximum atomic E-state index is 12.8. The Balaban J connectivity index is 0.00000261. The Morgan fingerprint density at radius 1 is 1.19 bits per heavy atom. The maximum Gasteiger partial charge on any atom is 0.251 e. The summed E-state index contributed by atoms with van der Waals surface area (Å²) in [6.45, 7) is 2.69. The van der Waals surface area contributed by atoms with E-state index in [-0.39, 0.29) is 30.3 Å². The lowest BCUT2D eigenvalue weighted by atomic mass is 9.98. The highest BCUT2D eigenvalue weighted by molar-refractivity contribution is 5.99. The third-order valence-corrected chi connectivity index (χ3v) is 4.79. The molecule has 6 nitrogen and oxygen atoms in total. The zero-order valence-electron chi connectivity index (χ0n) is 15.5. The molecule has 1 unspecified atom stereocenters. The number of nitrogens with zero attached hydrogens (tertiary/aromatic N) is 1. The van der Waals surface area contributed by atoms with Crippen molar-refractivity contribution in [2.24, 2.45) is 0 Å². The number of carbonyl (C=O) groups is 2. The van der Waals surface area contributed by atoms with Crippen LogP contribution in [-0.4, -0.2) is 31.4 Å². The summed E-state index contributed by atoms with van der Waals surface area (Å²) in [5.41, 5.74) is 10.1. The summed E-state index contributed by atoms with van der Waals surface area (Å²) >= 11 is 0. The molecule has 3 rings (SSSR count). The van der Waals surface area contributed by atoms with Gasteiger partial charge in [-0.15, -0.1) is 12.4 Å². The molecule has 1 aliphatic rings. The van der Waals surface area contributed by atoms with E-state index in [0.29, 0.717) is 11.3 Å². The lowest BCUT2D eigenvalue weighted by molar-refractivity contribution is -0.117. The molecule has 27 heavy (non-hydrogen) atoms. The van der Waals surface area contributed by atoms with Gasteiger partial charge in [0.05, 0.1) is 0 Å². The molecule has 144 valence electrons. The SMILES string of the molecule is CNC(=O)c1cccc(NC(=O)C(C)N2CCCc3c(N)cccc32)c1.Cl. The quantitative estimate of drug-likeness (QED) is 0.703.